The minimum absolute atomic E-state index is 0.0772. The standard InChI is InChI=1S/C17H19N5O2S2/c1-12(16(23)18-10-13-6-3-4-8-15(13)24-2)26-17-19-20-21-22(17)11-14-7-5-9-25-14/h3-9,12H,10-11H2,1-2H3,(H,18,23). The van der Waals surface area contributed by atoms with Crippen LogP contribution in [0.4, 0.5) is 0 Å². The number of thiophene rings is 1. The second-order valence-electron chi connectivity index (χ2n) is 5.49. The van der Waals surface area contributed by atoms with E-state index in [4.69, 9.17) is 4.74 Å². The van der Waals surface area contributed by atoms with E-state index in [-0.39, 0.29) is 11.2 Å². The molecule has 1 amide bonds. The summed E-state index contributed by atoms with van der Waals surface area (Å²) in [6.45, 7) is 2.85. The number of amides is 1. The number of carbonyl (C=O) groups excluding carboxylic acids is 1. The number of benzene rings is 1. The van der Waals surface area contributed by atoms with E-state index in [1.54, 1.807) is 23.1 Å². The molecule has 0 saturated carbocycles. The number of thioether (sulfide) groups is 1. The molecule has 7 nitrogen and oxygen atoms in total. The second kappa shape index (κ2) is 8.81. The summed E-state index contributed by atoms with van der Waals surface area (Å²) in [4.78, 5) is 13.6. The second-order valence-corrected chi connectivity index (χ2v) is 7.83. The highest BCUT2D eigenvalue weighted by atomic mass is 32.2. The molecule has 1 aromatic carbocycles. The lowest BCUT2D eigenvalue weighted by Crippen LogP contribution is -2.30. The minimum Gasteiger partial charge on any atom is -0.496 e. The smallest absolute Gasteiger partial charge is 0.233 e. The van der Waals surface area contributed by atoms with Gasteiger partial charge in [0, 0.05) is 17.0 Å². The number of hydrogen-bond donors (Lipinski definition) is 1. The fourth-order valence-corrected chi connectivity index (χ4v) is 3.82. The molecule has 0 aliphatic heterocycles. The summed E-state index contributed by atoms with van der Waals surface area (Å²) in [5.74, 6) is 0.680. The maximum atomic E-state index is 12.4. The summed E-state index contributed by atoms with van der Waals surface area (Å²) in [6, 6.07) is 11.6. The number of para-hydroxylation sites is 1. The van der Waals surface area contributed by atoms with Crippen molar-refractivity contribution in [2.24, 2.45) is 0 Å². The summed E-state index contributed by atoms with van der Waals surface area (Å²) in [5, 5.41) is 17.0. The molecule has 9 heteroatoms. The van der Waals surface area contributed by atoms with Crippen LogP contribution in [0.25, 0.3) is 0 Å². The first-order valence-electron chi connectivity index (χ1n) is 8.02. The molecule has 0 bridgehead atoms. The average Bonchev–Trinajstić information content (AvgIpc) is 3.32. The van der Waals surface area contributed by atoms with Crippen molar-refractivity contribution >= 4 is 29.0 Å². The van der Waals surface area contributed by atoms with E-state index in [2.05, 4.69) is 20.8 Å². The van der Waals surface area contributed by atoms with Gasteiger partial charge >= 0.3 is 0 Å². The maximum absolute atomic E-state index is 12.4. The highest BCUT2D eigenvalue weighted by Gasteiger charge is 2.19. The third-order valence-electron chi connectivity index (χ3n) is 3.68. The largest absolute Gasteiger partial charge is 0.496 e. The Labute approximate surface area is 159 Å². The molecule has 136 valence electrons. The zero-order valence-corrected chi connectivity index (χ0v) is 16.1. The van der Waals surface area contributed by atoms with E-state index in [1.165, 1.54) is 11.8 Å². The normalized spacial score (nSPS) is 11.9. The van der Waals surface area contributed by atoms with Gasteiger partial charge in [0.1, 0.15) is 5.75 Å². The number of nitrogens with one attached hydrogen (secondary N) is 1. The van der Waals surface area contributed by atoms with Crippen LogP contribution in [0.3, 0.4) is 0 Å². The Bertz CT molecular complexity index is 850. The Morgan fingerprint density at radius 1 is 1.35 bits per heavy atom. The molecule has 2 aromatic heterocycles. The third kappa shape index (κ3) is 4.61. The monoisotopic (exact) mass is 389 g/mol. The number of tetrazole rings is 1. The molecular weight excluding hydrogens is 370 g/mol. The van der Waals surface area contributed by atoms with Crippen LogP contribution in [-0.4, -0.2) is 38.5 Å². The molecule has 0 radical (unpaired) electrons. The topological polar surface area (TPSA) is 81.9 Å². The molecule has 1 atom stereocenters. The quantitative estimate of drug-likeness (QED) is 0.597. The van der Waals surface area contributed by atoms with Crippen LogP contribution in [0.5, 0.6) is 5.75 Å². The zero-order valence-electron chi connectivity index (χ0n) is 14.5. The Hall–Kier alpha value is -2.39. The first kappa shape index (κ1) is 18.4. The SMILES string of the molecule is COc1ccccc1CNC(=O)C(C)Sc1nnnn1Cc1cccs1. The van der Waals surface area contributed by atoms with E-state index >= 15 is 0 Å². The highest BCUT2D eigenvalue weighted by Crippen LogP contribution is 2.22. The molecule has 0 fully saturated rings. The van der Waals surface area contributed by atoms with Crippen LogP contribution in [0.2, 0.25) is 0 Å². The van der Waals surface area contributed by atoms with Crippen molar-refractivity contribution in [2.45, 2.75) is 30.4 Å². The van der Waals surface area contributed by atoms with Crippen LogP contribution < -0.4 is 10.1 Å². The van der Waals surface area contributed by atoms with Crippen molar-refractivity contribution in [3.8, 4) is 5.75 Å². The van der Waals surface area contributed by atoms with Crippen LogP contribution in [0.1, 0.15) is 17.4 Å². The van der Waals surface area contributed by atoms with Crippen molar-refractivity contribution < 1.29 is 9.53 Å². The maximum Gasteiger partial charge on any atom is 0.233 e. The van der Waals surface area contributed by atoms with E-state index in [0.29, 0.717) is 18.2 Å². The Balaban J connectivity index is 1.57. The number of carbonyl (C=O) groups is 1. The lowest BCUT2D eigenvalue weighted by Gasteiger charge is -2.13. The number of ether oxygens (including phenoxy) is 1. The molecule has 2 heterocycles. The summed E-state index contributed by atoms with van der Waals surface area (Å²) < 4.78 is 7.01. The van der Waals surface area contributed by atoms with Crippen molar-refractivity contribution in [3.63, 3.8) is 0 Å². The van der Waals surface area contributed by atoms with Gasteiger partial charge in [-0.25, -0.2) is 4.68 Å². The number of hydrogen-bond acceptors (Lipinski definition) is 7. The first-order chi connectivity index (χ1) is 12.7. The van der Waals surface area contributed by atoms with Gasteiger partial charge < -0.3 is 10.1 Å². The number of methoxy groups -OCH3 is 1. The Morgan fingerprint density at radius 2 is 2.19 bits per heavy atom. The van der Waals surface area contributed by atoms with Gasteiger partial charge in [0.05, 0.1) is 18.9 Å². The number of rotatable bonds is 8. The fourth-order valence-electron chi connectivity index (χ4n) is 2.32. The summed E-state index contributed by atoms with van der Waals surface area (Å²) in [7, 11) is 1.62. The van der Waals surface area contributed by atoms with E-state index in [1.807, 2.05) is 48.7 Å². The van der Waals surface area contributed by atoms with E-state index in [0.717, 1.165) is 16.2 Å². The van der Waals surface area contributed by atoms with Gasteiger partial charge in [-0.15, -0.1) is 16.4 Å². The Morgan fingerprint density at radius 3 is 2.96 bits per heavy atom. The zero-order chi connectivity index (χ0) is 18.4. The lowest BCUT2D eigenvalue weighted by molar-refractivity contribution is -0.120. The van der Waals surface area contributed by atoms with Crippen molar-refractivity contribution in [1.29, 1.82) is 0 Å². The summed E-state index contributed by atoms with van der Waals surface area (Å²) >= 11 is 2.99. The lowest BCUT2D eigenvalue weighted by atomic mass is 10.2. The van der Waals surface area contributed by atoms with Gasteiger partial charge in [0.2, 0.25) is 11.1 Å². The van der Waals surface area contributed by atoms with Crippen molar-refractivity contribution in [1.82, 2.24) is 25.5 Å². The molecule has 26 heavy (non-hydrogen) atoms. The molecule has 3 rings (SSSR count). The van der Waals surface area contributed by atoms with Gasteiger partial charge in [-0.05, 0) is 34.9 Å². The van der Waals surface area contributed by atoms with E-state index in [9.17, 15) is 4.79 Å². The average molecular weight is 390 g/mol. The summed E-state index contributed by atoms with van der Waals surface area (Å²) in [6.07, 6.45) is 0. The number of nitrogens with zero attached hydrogens (tertiary/aromatic N) is 4. The molecule has 0 aliphatic rings. The fraction of sp³-hybridized carbons (Fsp3) is 0.294. The van der Waals surface area contributed by atoms with Gasteiger partial charge in [-0.2, -0.15) is 0 Å². The van der Waals surface area contributed by atoms with Gasteiger partial charge in [0.25, 0.3) is 0 Å². The molecule has 1 N–H and O–H groups in total. The minimum atomic E-state index is -0.321. The van der Waals surface area contributed by atoms with Gasteiger partial charge in [0.15, 0.2) is 0 Å². The van der Waals surface area contributed by atoms with Gasteiger partial charge in [-0.1, -0.05) is 36.0 Å². The van der Waals surface area contributed by atoms with Crippen LogP contribution in [0, 0.1) is 0 Å². The van der Waals surface area contributed by atoms with Crippen LogP contribution in [0.15, 0.2) is 46.9 Å². The predicted octanol–water partition coefficient (Wildman–Crippen LogP) is 2.59. The molecule has 0 spiro atoms. The van der Waals surface area contributed by atoms with Crippen LogP contribution in [-0.2, 0) is 17.9 Å². The number of aromatic nitrogens is 4. The molecule has 1 unspecified atom stereocenters. The van der Waals surface area contributed by atoms with Crippen molar-refractivity contribution in [2.75, 3.05) is 7.11 Å². The van der Waals surface area contributed by atoms with Crippen molar-refractivity contribution in [3.05, 3.63) is 52.2 Å². The third-order valence-corrected chi connectivity index (χ3v) is 5.61. The molecule has 0 saturated heterocycles. The van der Waals surface area contributed by atoms with E-state index < -0.39 is 0 Å². The first-order valence-corrected chi connectivity index (χ1v) is 9.78. The molecule has 3 aromatic rings. The Kier molecular flexibility index (Phi) is 6.24. The van der Waals surface area contributed by atoms with Crippen LogP contribution >= 0.6 is 23.1 Å². The molecular formula is C17H19N5O2S2. The predicted molar refractivity (Wildman–Crippen MR) is 101 cm³/mol. The summed E-state index contributed by atoms with van der Waals surface area (Å²) in [5.41, 5.74) is 0.933. The molecule has 0 aliphatic carbocycles. The highest BCUT2D eigenvalue weighted by molar-refractivity contribution is 8.00. The van der Waals surface area contributed by atoms with Gasteiger partial charge in [-0.3, -0.25) is 4.79 Å².